The summed E-state index contributed by atoms with van der Waals surface area (Å²) >= 11 is 1.27. The van der Waals surface area contributed by atoms with Crippen LogP contribution in [-0.2, 0) is 9.59 Å². The Morgan fingerprint density at radius 3 is 2.15 bits per heavy atom. The Hall–Kier alpha value is -3.91. The summed E-state index contributed by atoms with van der Waals surface area (Å²) in [5, 5.41) is 14.9. The molecule has 2 amide bonds. The van der Waals surface area contributed by atoms with Crippen molar-refractivity contribution in [2.45, 2.75) is 19.0 Å². The molecule has 172 valence electrons. The van der Waals surface area contributed by atoms with Gasteiger partial charge >= 0.3 is 0 Å². The van der Waals surface area contributed by atoms with Crippen molar-refractivity contribution in [3.63, 3.8) is 0 Å². The van der Waals surface area contributed by atoms with Gasteiger partial charge in [0.2, 0.25) is 11.8 Å². The first-order valence-electron chi connectivity index (χ1n) is 10.8. The maximum absolute atomic E-state index is 12.5. The molecule has 0 saturated heterocycles. The molecule has 0 bridgehead atoms. The smallest absolute Gasteiger partial charge is 0.243 e. The van der Waals surface area contributed by atoms with Crippen molar-refractivity contribution in [3.05, 3.63) is 90.0 Å². The number of carbonyl (C=O) groups excluding carboxylic acids is 2. The Bertz CT molecular complexity index is 1270. The van der Waals surface area contributed by atoms with Crippen LogP contribution in [0.15, 0.2) is 84.0 Å². The topological polar surface area (TPSA) is 88.9 Å². The van der Waals surface area contributed by atoms with E-state index in [1.54, 1.807) is 0 Å². The monoisotopic (exact) mass is 471 g/mol. The molecule has 0 aliphatic rings. The summed E-state index contributed by atoms with van der Waals surface area (Å²) in [6, 6.07) is 25.4. The number of nitrogens with one attached hydrogen (secondary N) is 2. The maximum Gasteiger partial charge on any atom is 0.243 e. The Balaban J connectivity index is 1.41. The molecular weight excluding hydrogens is 446 g/mol. The number of carbonyl (C=O) groups is 2. The fourth-order valence-corrected chi connectivity index (χ4v) is 4.28. The number of nitrogens with zero attached hydrogens (tertiary/aromatic N) is 3. The number of amides is 2. The van der Waals surface area contributed by atoms with Gasteiger partial charge in [-0.25, -0.2) is 0 Å². The molecule has 7 nitrogen and oxygen atoms in total. The molecule has 1 heterocycles. The van der Waals surface area contributed by atoms with E-state index < -0.39 is 0 Å². The third-order valence-electron chi connectivity index (χ3n) is 5.20. The van der Waals surface area contributed by atoms with E-state index in [2.05, 4.69) is 20.8 Å². The van der Waals surface area contributed by atoms with Gasteiger partial charge in [-0.3, -0.25) is 14.2 Å². The molecule has 0 aliphatic heterocycles. The lowest BCUT2D eigenvalue weighted by Gasteiger charge is -2.12. The van der Waals surface area contributed by atoms with Crippen molar-refractivity contribution >= 4 is 29.3 Å². The molecule has 1 aromatic heterocycles. The summed E-state index contributed by atoms with van der Waals surface area (Å²) in [5.41, 5.74) is 4.57. The molecule has 2 N–H and O–H groups in total. The fraction of sp³-hybridized carbons (Fsp3) is 0.154. The Kier molecular flexibility index (Phi) is 7.39. The van der Waals surface area contributed by atoms with Gasteiger partial charge in [0.15, 0.2) is 11.0 Å². The van der Waals surface area contributed by atoms with E-state index in [0.29, 0.717) is 11.0 Å². The fourth-order valence-electron chi connectivity index (χ4n) is 3.50. The SMILES string of the molecule is Cc1cccc(C)c1NC(=O)CNC(=O)CSc1nnc(-c2ccccc2)n1-c1ccccc1. The van der Waals surface area contributed by atoms with Crippen LogP contribution in [0.25, 0.3) is 17.1 Å². The van der Waals surface area contributed by atoms with Gasteiger partial charge in [0.1, 0.15) is 0 Å². The van der Waals surface area contributed by atoms with Crippen molar-refractivity contribution in [1.29, 1.82) is 0 Å². The number of hydrogen-bond donors (Lipinski definition) is 2. The van der Waals surface area contributed by atoms with Crippen molar-refractivity contribution in [3.8, 4) is 17.1 Å². The summed E-state index contributed by atoms with van der Waals surface area (Å²) in [4.78, 5) is 24.8. The second-order valence-corrected chi connectivity index (χ2v) is 8.67. The molecule has 34 heavy (non-hydrogen) atoms. The van der Waals surface area contributed by atoms with E-state index in [-0.39, 0.29) is 24.1 Å². The largest absolute Gasteiger partial charge is 0.346 e. The molecule has 8 heteroatoms. The van der Waals surface area contributed by atoms with Crippen LogP contribution < -0.4 is 10.6 Å². The van der Waals surface area contributed by atoms with Crippen LogP contribution in [0.4, 0.5) is 5.69 Å². The van der Waals surface area contributed by atoms with Gasteiger partial charge in [0.25, 0.3) is 0 Å². The van der Waals surface area contributed by atoms with Gasteiger partial charge in [-0.05, 0) is 37.1 Å². The molecule has 0 aliphatic carbocycles. The van der Waals surface area contributed by atoms with Gasteiger partial charge in [0.05, 0.1) is 12.3 Å². The lowest BCUT2D eigenvalue weighted by Crippen LogP contribution is -2.34. The highest BCUT2D eigenvalue weighted by Gasteiger charge is 2.17. The summed E-state index contributed by atoms with van der Waals surface area (Å²) in [6.07, 6.45) is 0. The molecule has 0 fully saturated rings. The third kappa shape index (κ3) is 5.52. The average Bonchev–Trinajstić information content (AvgIpc) is 3.29. The van der Waals surface area contributed by atoms with E-state index in [1.165, 1.54) is 11.8 Å². The standard InChI is InChI=1S/C26H25N5O2S/c1-18-10-9-11-19(2)24(18)28-22(32)16-27-23(33)17-34-26-30-29-25(20-12-5-3-6-13-20)31(26)21-14-7-4-8-15-21/h3-15H,16-17H2,1-2H3,(H,27,33)(H,28,32). The minimum Gasteiger partial charge on any atom is -0.346 e. The van der Waals surface area contributed by atoms with Crippen molar-refractivity contribution in [2.24, 2.45) is 0 Å². The van der Waals surface area contributed by atoms with E-state index in [1.807, 2.05) is 97.3 Å². The summed E-state index contributed by atoms with van der Waals surface area (Å²) in [6.45, 7) is 3.77. The van der Waals surface area contributed by atoms with Crippen molar-refractivity contribution in [2.75, 3.05) is 17.6 Å². The molecule has 0 saturated carbocycles. The first-order valence-corrected chi connectivity index (χ1v) is 11.8. The van der Waals surface area contributed by atoms with Crippen LogP contribution >= 0.6 is 11.8 Å². The zero-order chi connectivity index (χ0) is 23.9. The molecule has 0 spiro atoms. The third-order valence-corrected chi connectivity index (χ3v) is 6.13. The molecule has 4 rings (SSSR count). The second-order valence-electron chi connectivity index (χ2n) is 7.72. The van der Waals surface area contributed by atoms with E-state index in [0.717, 1.165) is 28.1 Å². The van der Waals surface area contributed by atoms with Gasteiger partial charge in [-0.1, -0.05) is 78.5 Å². The normalized spacial score (nSPS) is 10.6. The number of benzene rings is 3. The number of rotatable bonds is 8. The minimum atomic E-state index is -0.269. The highest BCUT2D eigenvalue weighted by molar-refractivity contribution is 7.99. The maximum atomic E-state index is 12.5. The predicted molar refractivity (Wildman–Crippen MR) is 135 cm³/mol. The molecular formula is C26H25N5O2S. The van der Waals surface area contributed by atoms with E-state index in [9.17, 15) is 9.59 Å². The summed E-state index contributed by atoms with van der Waals surface area (Å²) in [5.74, 6) is 0.277. The number of aromatic nitrogens is 3. The van der Waals surface area contributed by atoms with Crippen LogP contribution in [0.5, 0.6) is 0 Å². The minimum absolute atomic E-state index is 0.103. The van der Waals surface area contributed by atoms with Gasteiger partial charge in [-0.2, -0.15) is 0 Å². The quantitative estimate of drug-likeness (QED) is 0.372. The number of anilines is 1. The lowest BCUT2D eigenvalue weighted by atomic mass is 10.1. The molecule has 3 aromatic carbocycles. The zero-order valence-corrected chi connectivity index (χ0v) is 19.8. The van der Waals surface area contributed by atoms with Crippen LogP contribution in [0, 0.1) is 13.8 Å². The Morgan fingerprint density at radius 2 is 1.47 bits per heavy atom. The number of aryl methyl sites for hydroxylation is 2. The van der Waals surface area contributed by atoms with Crippen LogP contribution in [0.3, 0.4) is 0 Å². The lowest BCUT2D eigenvalue weighted by molar-refractivity contribution is -0.122. The highest BCUT2D eigenvalue weighted by atomic mass is 32.2. The van der Waals surface area contributed by atoms with Gasteiger partial charge in [0, 0.05) is 16.9 Å². The van der Waals surface area contributed by atoms with Crippen LogP contribution in [0.1, 0.15) is 11.1 Å². The average molecular weight is 472 g/mol. The predicted octanol–water partition coefficient (Wildman–Crippen LogP) is 4.40. The van der Waals surface area contributed by atoms with Crippen LogP contribution in [-0.4, -0.2) is 38.9 Å². The first kappa shape index (κ1) is 23.3. The summed E-state index contributed by atoms with van der Waals surface area (Å²) < 4.78 is 1.93. The van der Waals surface area contributed by atoms with Crippen molar-refractivity contribution < 1.29 is 9.59 Å². The Labute approximate surface area is 202 Å². The van der Waals surface area contributed by atoms with Crippen LogP contribution in [0.2, 0.25) is 0 Å². The van der Waals surface area contributed by atoms with Gasteiger partial charge in [-0.15, -0.1) is 10.2 Å². The highest BCUT2D eigenvalue weighted by Crippen LogP contribution is 2.27. The van der Waals surface area contributed by atoms with Gasteiger partial charge < -0.3 is 10.6 Å². The molecule has 0 atom stereocenters. The van der Waals surface area contributed by atoms with E-state index in [4.69, 9.17) is 0 Å². The number of hydrogen-bond acceptors (Lipinski definition) is 5. The Morgan fingerprint density at radius 1 is 0.824 bits per heavy atom. The molecule has 4 aromatic rings. The first-order chi connectivity index (χ1) is 16.5. The van der Waals surface area contributed by atoms with Crippen molar-refractivity contribution in [1.82, 2.24) is 20.1 Å². The number of thioether (sulfide) groups is 1. The summed E-state index contributed by atoms with van der Waals surface area (Å²) in [7, 11) is 0. The zero-order valence-electron chi connectivity index (χ0n) is 19.0. The number of para-hydroxylation sites is 2. The van der Waals surface area contributed by atoms with E-state index >= 15 is 0 Å². The second kappa shape index (κ2) is 10.8. The molecule has 0 unspecified atom stereocenters. The molecule has 0 radical (unpaired) electrons.